The lowest BCUT2D eigenvalue weighted by atomic mass is 9.90. The van der Waals surface area contributed by atoms with Crippen molar-refractivity contribution in [2.75, 3.05) is 11.4 Å². The van der Waals surface area contributed by atoms with E-state index in [2.05, 4.69) is 11.1 Å². The molecule has 1 N–H and O–H groups in total. The smallest absolute Gasteiger partial charge is 0.205 e. The molecule has 2 aromatic rings. The molecule has 2 aliphatic heterocycles. The summed E-state index contributed by atoms with van der Waals surface area (Å²) in [5.74, 6) is 0.125. The number of anilines is 1. The number of Topliss-reactive ketones (excluding diaryl/α,β-unsaturated/α-hetero) is 1. The Morgan fingerprint density at radius 1 is 1.39 bits per heavy atom. The molecule has 1 atom stereocenters. The molecule has 2 aliphatic rings. The third-order valence-corrected chi connectivity index (χ3v) is 5.24. The second-order valence-electron chi connectivity index (χ2n) is 5.76. The molecule has 3 heterocycles. The molecule has 0 aliphatic carbocycles. The van der Waals surface area contributed by atoms with Crippen LogP contribution in [0.1, 0.15) is 27.2 Å². The molecule has 1 saturated heterocycles. The summed E-state index contributed by atoms with van der Waals surface area (Å²) < 4.78 is 0. The van der Waals surface area contributed by atoms with Crippen LogP contribution in [-0.4, -0.2) is 28.9 Å². The second kappa shape index (κ2) is 4.75. The number of carbonyl (C=O) groups excluding carboxylic acids is 1. The average molecular weight is 323 g/mol. The molecule has 114 valence electrons. The number of hydrogen-bond acceptors (Lipinski definition) is 6. The molecule has 1 aromatic carbocycles. The summed E-state index contributed by atoms with van der Waals surface area (Å²) in [6.07, 6.45) is 0.318. The normalized spacial score (nSPS) is 22.4. The predicted molar refractivity (Wildman–Crippen MR) is 88.6 cm³/mol. The number of carbonyl (C=O) groups is 1. The van der Waals surface area contributed by atoms with Crippen molar-refractivity contribution in [2.45, 2.75) is 18.9 Å². The Morgan fingerprint density at radius 2 is 2.13 bits per heavy atom. The highest BCUT2D eigenvalue weighted by molar-refractivity contribution is 7.16. The van der Waals surface area contributed by atoms with Crippen molar-refractivity contribution in [3.05, 3.63) is 46.3 Å². The maximum absolute atomic E-state index is 12.7. The average Bonchev–Trinajstić information content (AvgIpc) is 3.09. The Hall–Kier alpha value is -2.49. The zero-order valence-corrected chi connectivity index (χ0v) is 13.2. The van der Waals surface area contributed by atoms with Gasteiger partial charge in [0.15, 0.2) is 11.4 Å². The molecule has 0 bridgehead atoms. The Bertz CT molecular complexity index is 892. The first-order chi connectivity index (χ1) is 11.0. The zero-order valence-electron chi connectivity index (χ0n) is 12.4. The molecular weight excluding hydrogens is 310 g/mol. The first-order valence-electron chi connectivity index (χ1n) is 7.27. The lowest BCUT2D eigenvalue weighted by molar-refractivity contribution is 0.0603. The van der Waals surface area contributed by atoms with E-state index in [4.69, 9.17) is 5.26 Å². The van der Waals surface area contributed by atoms with Crippen molar-refractivity contribution in [2.24, 2.45) is 4.99 Å². The lowest BCUT2D eigenvalue weighted by Crippen LogP contribution is -2.48. The molecular formula is C17H13N3O2S. The summed E-state index contributed by atoms with van der Waals surface area (Å²) in [6, 6.07) is 10.9. The molecule has 23 heavy (non-hydrogen) atoms. The van der Waals surface area contributed by atoms with Crippen LogP contribution in [0, 0.1) is 18.3 Å². The number of aliphatic hydroxyl groups is 1. The number of thiophene rings is 1. The van der Waals surface area contributed by atoms with Gasteiger partial charge in [-0.05, 0) is 37.3 Å². The van der Waals surface area contributed by atoms with Crippen molar-refractivity contribution in [1.29, 1.82) is 5.26 Å². The number of amidine groups is 1. The number of aryl methyl sites for hydroxylation is 1. The number of rotatable bonds is 1. The summed E-state index contributed by atoms with van der Waals surface area (Å²) in [7, 11) is 0. The number of nitrogens with zero attached hydrogens (tertiary/aromatic N) is 3. The molecule has 5 nitrogen and oxygen atoms in total. The van der Waals surface area contributed by atoms with E-state index in [1.807, 2.05) is 24.0 Å². The molecule has 4 rings (SSSR count). The van der Waals surface area contributed by atoms with E-state index in [1.54, 1.807) is 18.2 Å². The van der Waals surface area contributed by atoms with Gasteiger partial charge < -0.3 is 10.0 Å². The Morgan fingerprint density at radius 3 is 2.83 bits per heavy atom. The Balaban J connectivity index is 1.82. The fraction of sp³-hybridized carbons (Fsp3) is 0.235. The van der Waals surface area contributed by atoms with Crippen molar-refractivity contribution >= 4 is 33.6 Å². The molecule has 0 amide bonds. The fourth-order valence-corrected chi connectivity index (χ4v) is 3.99. The van der Waals surface area contributed by atoms with Gasteiger partial charge in [0.25, 0.3) is 0 Å². The van der Waals surface area contributed by atoms with E-state index < -0.39 is 5.60 Å². The largest absolute Gasteiger partial charge is 0.374 e. The Kier molecular flexibility index (Phi) is 2.92. The van der Waals surface area contributed by atoms with Crippen molar-refractivity contribution in [1.82, 2.24) is 0 Å². The number of fused-ring (bicyclic) bond motifs is 2. The van der Waals surface area contributed by atoms with E-state index in [-0.39, 0.29) is 5.78 Å². The molecule has 6 heteroatoms. The summed E-state index contributed by atoms with van der Waals surface area (Å²) in [5.41, 5.74) is 0.360. The lowest BCUT2D eigenvalue weighted by Gasteiger charge is -2.28. The summed E-state index contributed by atoms with van der Waals surface area (Å²) in [4.78, 5) is 20.2. The summed E-state index contributed by atoms with van der Waals surface area (Å²) in [6.45, 7) is 2.44. The van der Waals surface area contributed by atoms with Gasteiger partial charge in [-0.2, -0.15) is 5.26 Å². The van der Waals surface area contributed by atoms with E-state index in [0.717, 1.165) is 10.6 Å². The maximum atomic E-state index is 12.7. The number of aliphatic imine (C=N–C) groups is 1. The van der Waals surface area contributed by atoms with Crippen LogP contribution in [-0.2, 0) is 0 Å². The van der Waals surface area contributed by atoms with Crippen LogP contribution in [0.3, 0.4) is 0 Å². The molecule has 0 saturated carbocycles. The van der Waals surface area contributed by atoms with Crippen LogP contribution in [0.25, 0.3) is 0 Å². The van der Waals surface area contributed by atoms with Gasteiger partial charge in [-0.1, -0.05) is 0 Å². The molecule has 0 unspecified atom stereocenters. The van der Waals surface area contributed by atoms with Crippen molar-refractivity contribution < 1.29 is 9.90 Å². The number of nitriles is 1. The summed E-state index contributed by atoms with van der Waals surface area (Å²) >= 11 is 1.46. The van der Waals surface area contributed by atoms with Gasteiger partial charge in [0.1, 0.15) is 5.00 Å². The van der Waals surface area contributed by atoms with Gasteiger partial charge >= 0.3 is 0 Å². The highest BCUT2D eigenvalue weighted by atomic mass is 32.1. The minimum absolute atomic E-state index is 0.266. The number of hydrogen-bond donors (Lipinski definition) is 1. The van der Waals surface area contributed by atoms with E-state index in [0.29, 0.717) is 34.9 Å². The van der Waals surface area contributed by atoms with Crippen LogP contribution in [0.15, 0.2) is 35.3 Å². The SMILES string of the molecule is Cc1cc2c(s1)N=C1N(c3ccc(C#N)cc3)CC[C@]1(O)C2=O. The minimum atomic E-state index is -1.55. The van der Waals surface area contributed by atoms with Crippen LogP contribution in [0.5, 0.6) is 0 Å². The molecule has 0 radical (unpaired) electrons. The number of ketones is 1. The topological polar surface area (TPSA) is 76.7 Å². The second-order valence-corrected chi connectivity index (χ2v) is 7.00. The van der Waals surface area contributed by atoms with E-state index in [9.17, 15) is 9.90 Å². The predicted octanol–water partition coefficient (Wildman–Crippen LogP) is 2.80. The minimum Gasteiger partial charge on any atom is -0.374 e. The van der Waals surface area contributed by atoms with Gasteiger partial charge in [-0.25, -0.2) is 4.99 Å². The quantitative estimate of drug-likeness (QED) is 0.875. The van der Waals surface area contributed by atoms with Gasteiger partial charge in [0.05, 0.1) is 17.2 Å². The fourth-order valence-electron chi connectivity index (χ4n) is 3.12. The van der Waals surface area contributed by atoms with Crippen LogP contribution in [0.2, 0.25) is 0 Å². The first-order valence-corrected chi connectivity index (χ1v) is 8.09. The van der Waals surface area contributed by atoms with Crippen LogP contribution < -0.4 is 4.90 Å². The summed E-state index contributed by atoms with van der Waals surface area (Å²) in [5, 5.41) is 20.5. The highest BCUT2D eigenvalue weighted by Gasteiger charge is 2.52. The maximum Gasteiger partial charge on any atom is 0.205 e. The monoisotopic (exact) mass is 323 g/mol. The standard InChI is InChI=1S/C17H13N3O2S/c1-10-8-13-14(21)17(22)6-7-20(16(17)19-15(13)23-10)12-4-2-11(9-18)3-5-12/h2-5,8,22H,6-7H2,1H3/t17-/m0/s1. The van der Waals surface area contributed by atoms with Crippen LogP contribution >= 0.6 is 11.3 Å². The third-order valence-electron chi connectivity index (χ3n) is 4.29. The Labute approximate surface area is 137 Å². The van der Waals surface area contributed by atoms with Crippen LogP contribution in [0.4, 0.5) is 10.7 Å². The van der Waals surface area contributed by atoms with Gasteiger partial charge in [-0.15, -0.1) is 11.3 Å². The van der Waals surface area contributed by atoms with Crippen molar-refractivity contribution in [3.8, 4) is 6.07 Å². The highest BCUT2D eigenvalue weighted by Crippen LogP contribution is 2.42. The molecule has 1 aromatic heterocycles. The first kappa shape index (κ1) is 14.1. The zero-order chi connectivity index (χ0) is 16.2. The number of benzene rings is 1. The molecule has 0 spiro atoms. The third kappa shape index (κ3) is 1.94. The molecule has 1 fully saturated rings. The van der Waals surface area contributed by atoms with Gasteiger partial charge in [-0.3, -0.25) is 4.79 Å². The van der Waals surface area contributed by atoms with Gasteiger partial charge in [0.2, 0.25) is 5.78 Å². The van der Waals surface area contributed by atoms with E-state index >= 15 is 0 Å². The van der Waals surface area contributed by atoms with Crippen molar-refractivity contribution in [3.63, 3.8) is 0 Å². The van der Waals surface area contributed by atoms with Gasteiger partial charge in [0, 0.05) is 23.5 Å². The van der Waals surface area contributed by atoms with E-state index in [1.165, 1.54) is 11.3 Å².